The van der Waals surface area contributed by atoms with Crippen LogP contribution in [0, 0.1) is 22.2 Å². The molecule has 3 aliphatic carbocycles. The minimum atomic E-state index is -4.99. The van der Waals surface area contributed by atoms with Crippen molar-refractivity contribution in [1.82, 2.24) is 5.32 Å². The first-order chi connectivity index (χ1) is 34.6. The molecule has 3 aromatic carbocycles. The highest BCUT2D eigenvalue weighted by atomic mass is 31.2. The topological polar surface area (TPSA) is 294 Å². The lowest BCUT2D eigenvalue weighted by Gasteiger charge is -2.67. The number of aliphatic hydroxyl groups excluding tert-OH is 1. The molecule has 4 aliphatic rings. The Morgan fingerprint density at radius 3 is 1.97 bits per heavy atom. The maximum absolute atomic E-state index is 15.8. The van der Waals surface area contributed by atoms with E-state index >= 15 is 9.59 Å². The summed E-state index contributed by atoms with van der Waals surface area (Å²) in [6.45, 7) is 9.92. The molecular formula is C53H62NO19P. The number of rotatable bonds is 16. The molecule has 398 valence electrons. The van der Waals surface area contributed by atoms with Gasteiger partial charge in [-0.2, -0.15) is 0 Å². The van der Waals surface area contributed by atoms with E-state index in [1.165, 1.54) is 65.8 Å². The minimum Gasteiger partial charge on any atom is -0.455 e. The number of aliphatic hydroxyl groups is 2. The second kappa shape index (κ2) is 20.9. The highest BCUT2D eigenvalue weighted by Crippen LogP contribution is 2.64. The van der Waals surface area contributed by atoms with E-state index < -0.39 is 145 Å². The van der Waals surface area contributed by atoms with Gasteiger partial charge in [0.1, 0.15) is 30.0 Å². The van der Waals surface area contributed by atoms with E-state index in [1.807, 2.05) is 0 Å². The summed E-state index contributed by atoms with van der Waals surface area (Å²) in [5.74, 6) is -8.48. The zero-order valence-electron chi connectivity index (χ0n) is 42.2. The average molecular weight is 1050 g/mol. The number of phosphoric acid groups is 1. The van der Waals surface area contributed by atoms with Crippen molar-refractivity contribution >= 4 is 49.4 Å². The molecule has 1 aliphatic heterocycles. The molecule has 20 nitrogen and oxygen atoms in total. The lowest BCUT2D eigenvalue weighted by molar-refractivity contribution is -0.346. The van der Waals surface area contributed by atoms with Gasteiger partial charge in [0.15, 0.2) is 17.5 Å². The van der Waals surface area contributed by atoms with Crippen molar-refractivity contribution in [2.45, 2.75) is 129 Å². The third kappa shape index (κ3) is 10.7. The van der Waals surface area contributed by atoms with Gasteiger partial charge in [-0.25, -0.2) is 14.2 Å². The molecule has 74 heavy (non-hydrogen) atoms. The quantitative estimate of drug-likeness (QED) is 0.0556. The SMILES string of the molecule is CC(=O)O[C@H]1C(=O)[C@@]2(C)[C@H]([C@H](OC(=O)c3ccccc3)[C@]3(O)C[C@H](OC(=O)[C@H](OC(=O)CC(C)(C)COP(=O)(O)O)[C@@H](NC(=O)c4ccccc4)c4ccccc4)C(C)=C1C3(C)C)[C@]1(OC(C)=O)CO[C@@H]1C[C@@H]2O. The number of nitrogens with one attached hydrogen (secondary N) is 1. The van der Waals surface area contributed by atoms with Crippen molar-refractivity contribution in [3.63, 3.8) is 0 Å². The highest BCUT2D eigenvalue weighted by Gasteiger charge is 2.78. The molecule has 0 radical (unpaired) electrons. The molecule has 3 aromatic rings. The predicted molar refractivity (Wildman–Crippen MR) is 258 cm³/mol. The van der Waals surface area contributed by atoms with Gasteiger partial charge < -0.3 is 53.7 Å². The van der Waals surface area contributed by atoms with Crippen LogP contribution in [0.5, 0.6) is 0 Å². The number of phosphoric ester groups is 1. The van der Waals surface area contributed by atoms with Crippen LogP contribution < -0.4 is 5.32 Å². The molecule has 3 fully saturated rings. The molecule has 0 unspecified atom stereocenters. The van der Waals surface area contributed by atoms with Gasteiger partial charge in [0.25, 0.3) is 5.91 Å². The molecule has 2 bridgehead atoms. The average Bonchev–Trinajstić information content (AvgIpc) is 3.33. The molecule has 21 heteroatoms. The van der Waals surface area contributed by atoms with E-state index in [0.29, 0.717) is 0 Å². The Morgan fingerprint density at radius 2 is 1.43 bits per heavy atom. The molecular weight excluding hydrogens is 986 g/mol. The fourth-order valence-electron chi connectivity index (χ4n) is 11.2. The summed E-state index contributed by atoms with van der Waals surface area (Å²) >= 11 is 0. The van der Waals surface area contributed by atoms with Crippen LogP contribution in [0.2, 0.25) is 0 Å². The van der Waals surface area contributed by atoms with Gasteiger partial charge in [0, 0.05) is 37.7 Å². The number of fused-ring (bicyclic) bond motifs is 5. The van der Waals surface area contributed by atoms with Crippen LogP contribution in [0.15, 0.2) is 102 Å². The lowest BCUT2D eigenvalue weighted by atomic mass is 9.44. The summed E-state index contributed by atoms with van der Waals surface area (Å²) in [6.07, 6.45) is -11.9. The molecule has 2 saturated carbocycles. The lowest BCUT2D eigenvalue weighted by Crippen LogP contribution is -2.82. The number of carbonyl (C=O) groups excluding carboxylic acids is 7. The van der Waals surface area contributed by atoms with Crippen LogP contribution in [0.1, 0.15) is 107 Å². The van der Waals surface area contributed by atoms with Crippen LogP contribution in [-0.2, 0) is 61.5 Å². The van der Waals surface area contributed by atoms with Gasteiger partial charge in [0.2, 0.25) is 6.10 Å². The fourth-order valence-corrected chi connectivity index (χ4v) is 11.7. The monoisotopic (exact) mass is 1050 g/mol. The third-order valence-corrected chi connectivity index (χ3v) is 15.4. The van der Waals surface area contributed by atoms with Gasteiger partial charge in [0.05, 0.1) is 42.6 Å². The standard InChI is InChI=1S/C53H62NO19P/c1-29-35(70-48(62)42(71-38(58)26-49(4,5)27-68-74(64,65)66)40(32-18-12-9-13-19-32)54-46(60)33-20-14-10-15-21-33)25-53(63)45(72-47(61)34-22-16-11-17-23-34)43-51(8,36(57)24-37-52(43,28-67-37)73-31(3)56)44(59)41(69-30(2)55)39(29)50(53,6)7/h9-23,35-37,40-43,45,57,63H,24-28H2,1-8H3,(H,54,60)(H2,64,65,66)/t35-,36-,37+,40-,41+,42+,43-,45-,51+,52-,53+/m0/s1. The van der Waals surface area contributed by atoms with E-state index in [-0.39, 0.29) is 40.9 Å². The molecule has 0 spiro atoms. The number of ketones is 1. The van der Waals surface area contributed by atoms with Crippen molar-refractivity contribution in [2.75, 3.05) is 13.2 Å². The summed E-state index contributed by atoms with van der Waals surface area (Å²) < 4.78 is 53.0. The van der Waals surface area contributed by atoms with Gasteiger partial charge in [-0.05, 0) is 60.2 Å². The minimum absolute atomic E-state index is 0.0115. The van der Waals surface area contributed by atoms with Crippen molar-refractivity contribution < 1.29 is 91.1 Å². The predicted octanol–water partition coefficient (Wildman–Crippen LogP) is 4.81. The first kappa shape index (κ1) is 55.6. The van der Waals surface area contributed by atoms with Crippen molar-refractivity contribution in [1.29, 1.82) is 0 Å². The number of hydrogen-bond donors (Lipinski definition) is 5. The Morgan fingerprint density at radius 1 is 0.851 bits per heavy atom. The molecule has 1 amide bonds. The number of esters is 5. The Bertz CT molecular complexity index is 2740. The number of amides is 1. The summed E-state index contributed by atoms with van der Waals surface area (Å²) in [6, 6.07) is 22.0. The van der Waals surface area contributed by atoms with Crippen molar-refractivity contribution in [3.05, 3.63) is 119 Å². The highest BCUT2D eigenvalue weighted by molar-refractivity contribution is 7.46. The van der Waals surface area contributed by atoms with E-state index in [2.05, 4.69) is 5.32 Å². The van der Waals surface area contributed by atoms with Crippen molar-refractivity contribution in [3.8, 4) is 0 Å². The number of hydrogen-bond acceptors (Lipinski definition) is 17. The Labute approximate surface area is 427 Å². The van der Waals surface area contributed by atoms with E-state index in [9.17, 15) is 48.5 Å². The van der Waals surface area contributed by atoms with Crippen LogP contribution in [0.25, 0.3) is 0 Å². The maximum Gasteiger partial charge on any atom is 0.469 e. The Hall–Kier alpha value is -6.12. The van der Waals surface area contributed by atoms with Crippen LogP contribution in [0.3, 0.4) is 0 Å². The number of Topliss-reactive ketones (excluding diaryl/α,β-unsaturated/α-hetero) is 1. The number of ether oxygens (including phenoxy) is 6. The first-order valence-corrected chi connectivity index (χ1v) is 25.5. The summed E-state index contributed by atoms with van der Waals surface area (Å²) in [7, 11) is -4.99. The van der Waals surface area contributed by atoms with Crippen LogP contribution in [-0.4, -0.2) is 123 Å². The van der Waals surface area contributed by atoms with E-state index in [1.54, 1.807) is 66.7 Å². The summed E-state index contributed by atoms with van der Waals surface area (Å²) in [5, 5.41) is 29.0. The van der Waals surface area contributed by atoms with E-state index in [4.69, 9.17) is 32.9 Å². The number of carbonyl (C=O) groups is 7. The largest absolute Gasteiger partial charge is 0.469 e. The van der Waals surface area contributed by atoms with Gasteiger partial charge in [-0.15, -0.1) is 0 Å². The van der Waals surface area contributed by atoms with Gasteiger partial charge >= 0.3 is 37.7 Å². The van der Waals surface area contributed by atoms with Gasteiger partial charge in [-0.3, -0.25) is 28.5 Å². The zero-order valence-corrected chi connectivity index (χ0v) is 43.1. The summed E-state index contributed by atoms with van der Waals surface area (Å²) in [4.78, 5) is 119. The second-order valence-electron chi connectivity index (χ2n) is 20.9. The molecule has 0 aromatic heterocycles. The van der Waals surface area contributed by atoms with Crippen molar-refractivity contribution in [2.24, 2.45) is 22.2 Å². The zero-order chi connectivity index (χ0) is 54.3. The normalized spacial score (nSPS) is 29.0. The first-order valence-electron chi connectivity index (χ1n) is 24.0. The number of benzene rings is 3. The molecule has 1 heterocycles. The fraction of sp³-hybridized carbons (Fsp3) is 0.491. The van der Waals surface area contributed by atoms with Crippen LogP contribution in [0.4, 0.5) is 0 Å². The molecule has 5 N–H and O–H groups in total. The van der Waals surface area contributed by atoms with Crippen LogP contribution >= 0.6 is 7.82 Å². The Kier molecular flexibility index (Phi) is 15.7. The van der Waals surface area contributed by atoms with E-state index in [0.717, 1.165) is 13.8 Å². The second-order valence-corrected chi connectivity index (χ2v) is 22.2. The molecule has 7 rings (SSSR count). The molecule has 11 atom stereocenters. The van der Waals surface area contributed by atoms with Gasteiger partial charge in [-0.1, -0.05) is 94.4 Å². The Balaban J connectivity index is 1.41. The maximum atomic E-state index is 15.8. The third-order valence-electron chi connectivity index (χ3n) is 15.0. The smallest absolute Gasteiger partial charge is 0.455 e. The summed E-state index contributed by atoms with van der Waals surface area (Å²) in [5.41, 5.74) is -9.23. The molecule has 1 saturated heterocycles.